The Morgan fingerprint density at radius 2 is 2.10 bits per heavy atom. The summed E-state index contributed by atoms with van der Waals surface area (Å²) in [6, 6.07) is 8.56. The number of hydrogen-bond acceptors (Lipinski definition) is 4. The number of hydrogen-bond donors (Lipinski definition) is 2. The predicted molar refractivity (Wildman–Crippen MR) is 83.3 cm³/mol. The minimum Gasteiger partial charge on any atom is -0.389 e. The lowest BCUT2D eigenvalue weighted by Crippen LogP contribution is -2.31. The average Bonchev–Trinajstić information content (AvgIpc) is 3.01. The van der Waals surface area contributed by atoms with Gasteiger partial charge in [-0.1, -0.05) is 31.2 Å². The number of rotatable bonds is 9. The molecule has 0 radical (unpaired) electrons. The Bertz CT molecular complexity index is 388. The molecule has 1 aromatic carbocycles. The van der Waals surface area contributed by atoms with E-state index in [0.717, 1.165) is 32.4 Å². The first-order chi connectivity index (χ1) is 10.3. The zero-order chi connectivity index (χ0) is 14.9. The van der Waals surface area contributed by atoms with Gasteiger partial charge in [0, 0.05) is 19.7 Å². The largest absolute Gasteiger partial charge is 0.389 e. The van der Waals surface area contributed by atoms with Crippen LogP contribution in [-0.4, -0.2) is 43.7 Å². The van der Waals surface area contributed by atoms with Crippen LogP contribution < -0.4 is 5.32 Å². The maximum absolute atomic E-state index is 9.85. The normalized spacial score (nSPS) is 19.8. The van der Waals surface area contributed by atoms with Gasteiger partial charge in [0.1, 0.15) is 0 Å². The van der Waals surface area contributed by atoms with Crippen LogP contribution in [0.2, 0.25) is 0 Å². The molecule has 118 valence electrons. The summed E-state index contributed by atoms with van der Waals surface area (Å²) in [4.78, 5) is 0. The summed E-state index contributed by atoms with van der Waals surface area (Å²) in [5, 5.41) is 13.1. The highest BCUT2D eigenvalue weighted by Gasteiger charge is 2.15. The van der Waals surface area contributed by atoms with Gasteiger partial charge < -0.3 is 19.9 Å². The van der Waals surface area contributed by atoms with Crippen molar-refractivity contribution >= 4 is 0 Å². The molecule has 21 heavy (non-hydrogen) atoms. The van der Waals surface area contributed by atoms with Crippen molar-refractivity contribution in [3.8, 4) is 0 Å². The van der Waals surface area contributed by atoms with Crippen LogP contribution in [0.1, 0.15) is 30.9 Å². The van der Waals surface area contributed by atoms with E-state index in [1.54, 1.807) is 0 Å². The summed E-state index contributed by atoms with van der Waals surface area (Å²) >= 11 is 0. The van der Waals surface area contributed by atoms with Crippen LogP contribution >= 0.6 is 0 Å². The Kier molecular flexibility index (Phi) is 7.16. The summed E-state index contributed by atoms with van der Waals surface area (Å²) in [5.74, 6) is 0. The minimum absolute atomic E-state index is 0.224. The second-order valence-electron chi connectivity index (χ2n) is 5.63. The zero-order valence-corrected chi connectivity index (χ0v) is 12.9. The van der Waals surface area contributed by atoms with Crippen LogP contribution in [0.3, 0.4) is 0 Å². The highest BCUT2D eigenvalue weighted by atomic mass is 16.5. The maximum atomic E-state index is 9.85. The molecule has 0 spiro atoms. The summed E-state index contributed by atoms with van der Waals surface area (Å²) in [5.41, 5.74) is 2.58. The van der Waals surface area contributed by atoms with Crippen molar-refractivity contribution in [1.29, 1.82) is 0 Å². The van der Waals surface area contributed by atoms with Gasteiger partial charge in [-0.05, 0) is 30.4 Å². The van der Waals surface area contributed by atoms with Crippen molar-refractivity contribution in [2.45, 2.75) is 44.9 Å². The van der Waals surface area contributed by atoms with Gasteiger partial charge in [-0.3, -0.25) is 0 Å². The molecule has 1 fully saturated rings. The van der Waals surface area contributed by atoms with Crippen molar-refractivity contribution < 1.29 is 14.6 Å². The molecule has 1 aliphatic heterocycles. The van der Waals surface area contributed by atoms with Crippen LogP contribution in [0, 0.1) is 0 Å². The van der Waals surface area contributed by atoms with Crippen molar-refractivity contribution in [2.24, 2.45) is 0 Å². The quantitative estimate of drug-likeness (QED) is 0.730. The number of aryl methyl sites for hydroxylation is 1. The van der Waals surface area contributed by atoms with Crippen molar-refractivity contribution in [1.82, 2.24) is 5.32 Å². The lowest BCUT2D eigenvalue weighted by atomic mass is 10.1. The maximum Gasteiger partial charge on any atom is 0.0897 e. The molecular formula is C17H27NO3. The third kappa shape index (κ3) is 6.14. The number of benzene rings is 1. The molecule has 0 aliphatic carbocycles. The van der Waals surface area contributed by atoms with Crippen LogP contribution in [0.4, 0.5) is 0 Å². The van der Waals surface area contributed by atoms with Crippen LogP contribution in [0.5, 0.6) is 0 Å². The molecule has 4 heteroatoms. The Morgan fingerprint density at radius 1 is 1.33 bits per heavy atom. The Hall–Kier alpha value is -0.940. The molecule has 1 heterocycles. The van der Waals surface area contributed by atoms with E-state index >= 15 is 0 Å². The second-order valence-corrected chi connectivity index (χ2v) is 5.63. The minimum atomic E-state index is -0.471. The lowest BCUT2D eigenvalue weighted by molar-refractivity contribution is -0.0164. The highest BCUT2D eigenvalue weighted by Crippen LogP contribution is 2.11. The van der Waals surface area contributed by atoms with Gasteiger partial charge in [0.05, 0.1) is 25.4 Å². The van der Waals surface area contributed by atoms with Crippen molar-refractivity contribution in [3.05, 3.63) is 35.4 Å². The molecule has 2 atom stereocenters. The first-order valence-corrected chi connectivity index (χ1v) is 7.94. The molecule has 0 aromatic heterocycles. The van der Waals surface area contributed by atoms with Crippen molar-refractivity contribution in [3.63, 3.8) is 0 Å². The lowest BCUT2D eigenvalue weighted by Gasteiger charge is -2.14. The molecule has 0 saturated carbocycles. The summed E-state index contributed by atoms with van der Waals surface area (Å²) < 4.78 is 11.0. The molecule has 1 aromatic rings. The van der Waals surface area contributed by atoms with E-state index in [0.29, 0.717) is 19.8 Å². The summed E-state index contributed by atoms with van der Waals surface area (Å²) in [6.07, 6.45) is 3.01. The van der Waals surface area contributed by atoms with Gasteiger partial charge in [0.15, 0.2) is 0 Å². The van der Waals surface area contributed by atoms with Gasteiger partial charge in [-0.2, -0.15) is 0 Å². The first kappa shape index (κ1) is 16.4. The van der Waals surface area contributed by atoms with E-state index in [1.165, 1.54) is 11.1 Å². The molecule has 2 rings (SSSR count). The van der Waals surface area contributed by atoms with Gasteiger partial charge in [0.2, 0.25) is 0 Å². The molecule has 1 aliphatic rings. The molecule has 1 saturated heterocycles. The molecule has 2 N–H and O–H groups in total. The van der Waals surface area contributed by atoms with Crippen LogP contribution in [-0.2, 0) is 22.4 Å². The number of ether oxygens (including phenoxy) is 2. The topological polar surface area (TPSA) is 50.7 Å². The zero-order valence-electron chi connectivity index (χ0n) is 12.9. The Balaban J connectivity index is 1.54. The Morgan fingerprint density at radius 3 is 2.76 bits per heavy atom. The average molecular weight is 293 g/mol. The molecule has 2 unspecified atom stereocenters. The molecule has 0 amide bonds. The third-order valence-corrected chi connectivity index (χ3v) is 3.78. The molecule has 4 nitrogen and oxygen atoms in total. The van der Waals surface area contributed by atoms with Crippen LogP contribution in [0.15, 0.2) is 24.3 Å². The number of aliphatic hydroxyl groups is 1. The molecular weight excluding hydrogens is 266 g/mol. The SMILES string of the molecule is CCc1ccc(CNCC(O)COCC2CCCO2)cc1. The third-order valence-electron chi connectivity index (χ3n) is 3.78. The number of aliphatic hydroxyl groups excluding tert-OH is 1. The van der Waals surface area contributed by atoms with E-state index in [9.17, 15) is 5.11 Å². The van der Waals surface area contributed by atoms with Crippen molar-refractivity contribution in [2.75, 3.05) is 26.4 Å². The molecule has 0 bridgehead atoms. The van der Waals surface area contributed by atoms with E-state index < -0.39 is 6.10 Å². The Labute approximate surface area is 127 Å². The van der Waals surface area contributed by atoms with Gasteiger partial charge in [0.25, 0.3) is 0 Å². The monoisotopic (exact) mass is 293 g/mol. The van der Waals surface area contributed by atoms with Crippen LogP contribution in [0.25, 0.3) is 0 Å². The van der Waals surface area contributed by atoms with E-state index in [-0.39, 0.29) is 6.10 Å². The fourth-order valence-corrected chi connectivity index (χ4v) is 2.45. The van der Waals surface area contributed by atoms with E-state index in [4.69, 9.17) is 9.47 Å². The van der Waals surface area contributed by atoms with E-state index in [2.05, 4.69) is 36.5 Å². The highest BCUT2D eigenvalue weighted by molar-refractivity contribution is 5.22. The fourth-order valence-electron chi connectivity index (χ4n) is 2.45. The summed E-state index contributed by atoms with van der Waals surface area (Å²) in [6.45, 7) is 5.26. The summed E-state index contributed by atoms with van der Waals surface area (Å²) in [7, 11) is 0. The smallest absolute Gasteiger partial charge is 0.0897 e. The van der Waals surface area contributed by atoms with Gasteiger partial charge in [-0.25, -0.2) is 0 Å². The first-order valence-electron chi connectivity index (χ1n) is 7.94. The standard InChI is InChI=1S/C17H27NO3/c1-2-14-5-7-15(8-6-14)10-18-11-16(19)12-20-13-17-4-3-9-21-17/h5-8,16-19H,2-4,9-13H2,1H3. The number of nitrogens with one attached hydrogen (secondary N) is 1. The second kappa shape index (κ2) is 9.15. The predicted octanol–water partition coefficient (Wildman–Crippen LogP) is 1.90. The van der Waals surface area contributed by atoms with Gasteiger partial charge in [-0.15, -0.1) is 0 Å². The van der Waals surface area contributed by atoms with E-state index in [1.807, 2.05) is 0 Å². The fraction of sp³-hybridized carbons (Fsp3) is 0.647. The van der Waals surface area contributed by atoms with Gasteiger partial charge >= 0.3 is 0 Å².